The molecule has 0 unspecified atom stereocenters. The molecule has 0 saturated heterocycles. The van der Waals surface area contributed by atoms with Crippen molar-refractivity contribution in [2.45, 2.75) is 0 Å². The van der Waals surface area contributed by atoms with E-state index in [2.05, 4.69) is 0 Å². The van der Waals surface area contributed by atoms with Gasteiger partial charge in [0.15, 0.2) is 27.1 Å². The van der Waals surface area contributed by atoms with Gasteiger partial charge in [-0.1, -0.05) is 0 Å². The zero-order valence-electron chi connectivity index (χ0n) is 11.2. The number of carbonyl (C=O) groups is 1. The number of sulfone groups is 1. The third-order valence-electron chi connectivity index (χ3n) is 2.38. The minimum absolute atomic E-state index is 0.194. The van der Waals surface area contributed by atoms with Crippen molar-refractivity contribution < 1.29 is 27.4 Å². The summed E-state index contributed by atoms with van der Waals surface area (Å²) in [4.78, 5) is 11.9. The van der Waals surface area contributed by atoms with Crippen LogP contribution in [0.4, 0.5) is 0 Å². The minimum atomic E-state index is -3.39. The Balaban J connectivity index is 3.27. The van der Waals surface area contributed by atoms with Gasteiger partial charge in [0.2, 0.25) is 5.75 Å². The molecule has 0 atom stereocenters. The monoisotopic (exact) mass is 288 g/mol. The average Bonchev–Trinajstić information content (AvgIpc) is 2.34. The van der Waals surface area contributed by atoms with E-state index in [4.69, 9.17) is 14.2 Å². The molecule has 0 bridgehead atoms. The number of benzene rings is 1. The topological polar surface area (TPSA) is 78.9 Å². The van der Waals surface area contributed by atoms with Crippen molar-refractivity contribution in [3.63, 3.8) is 0 Å². The standard InChI is InChI=1S/C12H16O6S/c1-16-10-5-8(9(13)7-19(4,14)15)6-11(17-2)12(10)18-3/h5-6H,7H2,1-4H3. The van der Waals surface area contributed by atoms with Crippen LogP contribution in [-0.4, -0.2) is 47.5 Å². The quantitative estimate of drug-likeness (QED) is 0.725. The molecule has 0 amide bonds. The van der Waals surface area contributed by atoms with Crippen molar-refractivity contribution >= 4 is 15.6 Å². The average molecular weight is 288 g/mol. The first kappa shape index (κ1) is 15.3. The largest absolute Gasteiger partial charge is 0.493 e. The minimum Gasteiger partial charge on any atom is -0.493 e. The van der Waals surface area contributed by atoms with E-state index in [9.17, 15) is 13.2 Å². The Bertz CT molecular complexity index is 551. The maximum Gasteiger partial charge on any atom is 0.203 e. The van der Waals surface area contributed by atoms with E-state index in [1.165, 1.54) is 33.5 Å². The van der Waals surface area contributed by atoms with E-state index in [1.807, 2.05) is 0 Å². The molecule has 0 fully saturated rings. The Labute approximate surface area is 112 Å². The molecule has 0 aromatic heterocycles. The molecule has 0 heterocycles. The molecular formula is C12H16O6S. The van der Waals surface area contributed by atoms with Gasteiger partial charge in [0.05, 0.1) is 21.3 Å². The van der Waals surface area contributed by atoms with Gasteiger partial charge in [0.1, 0.15) is 5.75 Å². The third-order valence-corrected chi connectivity index (χ3v) is 3.17. The molecule has 1 aromatic rings. The molecular weight excluding hydrogens is 272 g/mol. The number of ether oxygens (including phenoxy) is 3. The number of hydrogen-bond acceptors (Lipinski definition) is 6. The van der Waals surface area contributed by atoms with Crippen LogP contribution >= 0.6 is 0 Å². The molecule has 1 rings (SSSR count). The lowest BCUT2D eigenvalue weighted by molar-refractivity contribution is 0.102. The number of carbonyl (C=O) groups excluding carboxylic acids is 1. The van der Waals surface area contributed by atoms with E-state index in [1.54, 1.807) is 0 Å². The first-order valence-corrected chi connectivity index (χ1v) is 7.39. The van der Waals surface area contributed by atoms with Gasteiger partial charge in [-0.3, -0.25) is 4.79 Å². The maximum absolute atomic E-state index is 11.9. The van der Waals surface area contributed by atoms with Crippen LogP contribution in [0.25, 0.3) is 0 Å². The number of hydrogen-bond donors (Lipinski definition) is 0. The normalized spacial score (nSPS) is 10.9. The van der Waals surface area contributed by atoms with Gasteiger partial charge in [0.25, 0.3) is 0 Å². The fourth-order valence-corrected chi connectivity index (χ4v) is 2.21. The van der Waals surface area contributed by atoms with Crippen molar-refractivity contribution in [1.29, 1.82) is 0 Å². The summed E-state index contributed by atoms with van der Waals surface area (Å²) in [5.74, 6) is -0.133. The van der Waals surface area contributed by atoms with Gasteiger partial charge in [0, 0.05) is 11.8 Å². The highest BCUT2D eigenvalue weighted by atomic mass is 32.2. The fourth-order valence-electron chi connectivity index (χ4n) is 1.56. The first-order chi connectivity index (χ1) is 8.82. The van der Waals surface area contributed by atoms with Crippen molar-refractivity contribution in [2.75, 3.05) is 33.3 Å². The van der Waals surface area contributed by atoms with Crippen LogP contribution in [0.2, 0.25) is 0 Å². The van der Waals surface area contributed by atoms with Gasteiger partial charge in [-0.2, -0.15) is 0 Å². The van der Waals surface area contributed by atoms with Crippen LogP contribution in [0.5, 0.6) is 17.2 Å². The molecule has 6 nitrogen and oxygen atoms in total. The molecule has 0 aliphatic rings. The summed E-state index contributed by atoms with van der Waals surface area (Å²) in [7, 11) is 0.892. The van der Waals surface area contributed by atoms with E-state index in [0.717, 1.165) is 6.26 Å². The second-order valence-electron chi connectivity index (χ2n) is 3.91. The number of ketones is 1. The van der Waals surface area contributed by atoms with Gasteiger partial charge < -0.3 is 14.2 Å². The zero-order valence-corrected chi connectivity index (χ0v) is 12.0. The summed E-state index contributed by atoms with van der Waals surface area (Å²) in [5, 5.41) is 0. The van der Waals surface area contributed by atoms with Gasteiger partial charge in [-0.25, -0.2) is 8.42 Å². The molecule has 0 N–H and O–H groups in total. The Morgan fingerprint density at radius 2 is 1.53 bits per heavy atom. The predicted octanol–water partition coefficient (Wildman–Crippen LogP) is 0.940. The Kier molecular flexibility index (Phi) is 4.77. The highest BCUT2D eigenvalue weighted by molar-refractivity contribution is 7.91. The van der Waals surface area contributed by atoms with E-state index in [0.29, 0.717) is 17.2 Å². The van der Waals surface area contributed by atoms with Gasteiger partial charge >= 0.3 is 0 Å². The van der Waals surface area contributed by atoms with Crippen LogP contribution in [-0.2, 0) is 9.84 Å². The SMILES string of the molecule is COc1cc(C(=O)CS(C)(=O)=O)cc(OC)c1OC. The zero-order chi connectivity index (χ0) is 14.6. The molecule has 0 saturated carbocycles. The molecule has 19 heavy (non-hydrogen) atoms. The fraction of sp³-hybridized carbons (Fsp3) is 0.417. The summed E-state index contributed by atoms with van der Waals surface area (Å²) in [6, 6.07) is 2.85. The van der Waals surface area contributed by atoms with Crippen LogP contribution < -0.4 is 14.2 Å². The number of Topliss-reactive ketones (excluding diaryl/α,β-unsaturated/α-hetero) is 1. The smallest absolute Gasteiger partial charge is 0.203 e. The second kappa shape index (κ2) is 5.92. The van der Waals surface area contributed by atoms with Crippen molar-refractivity contribution in [2.24, 2.45) is 0 Å². The molecule has 0 aliphatic heterocycles. The molecule has 0 aliphatic carbocycles. The Hall–Kier alpha value is -1.76. The lowest BCUT2D eigenvalue weighted by atomic mass is 10.1. The van der Waals surface area contributed by atoms with Crippen molar-refractivity contribution in [3.8, 4) is 17.2 Å². The van der Waals surface area contributed by atoms with Crippen LogP contribution in [0.3, 0.4) is 0 Å². The Morgan fingerprint density at radius 3 is 1.84 bits per heavy atom. The molecule has 106 valence electrons. The summed E-state index contributed by atoms with van der Waals surface area (Å²) in [6.07, 6.45) is 1.00. The third kappa shape index (κ3) is 3.85. The van der Waals surface area contributed by atoms with Crippen LogP contribution in [0, 0.1) is 0 Å². The van der Waals surface area contributed by atoms with Gasteiger partial charge in [-0.05, 0) is 12.1 Å². The molecule has 0 radical (unpaired) electrons. The van der Waals surface area contributed by atoms with E-state index < -0.39 is 21.4 Å². The summed E-state index contributed by atoms with van der Waals surface area (Å²) < 4.78 is 37.6. The molecule has 0 spiro atoms. The second-order valence-corrected chi connectivity index (χ2v) is 6.05. The first-order valence-electron chi connectivity index (χ1n) is 5.33. The Morgan fingerprint density at radius 1 is 1.05 bits per heavy atom. The predicted molar refractivity (Wildman–Crippen MR) is 70.1 cm³/mol. The van der Waals surface area contributed by atoms with E-state index in [-0.39, 0.29) is 5.56 Å². The van der Waals surface area contributed by atoms with Gasteiger partial charge in [-0.15, -0.1) is 0 Å². The summed E-state index contributed by atoms with van der Waals surface area (Å²) >= 11 is 0. The highest BCUT2D eigenvalue weighted by Gasteiger charge is 2.19. The van der Waals surface area contributed by atoms with E-state index >= 15 is 0 Å². The lowest BCUT2D eigenvalue weighted by Crippen LogP contribution is -2.15. The number of methoxy groups -OCH3 is 3. The number of rotatable bonds is 6. The molecule has 7 heteroatoms. The van der Waals surface area contributed by atoms with Crippen molar-refractivity contribution in [1.82, 2.24) is 0 Å². The van der Waals surface area contributed by atoms with Crippen LogP contribution in [0.15, 0.2) is 12.1 Å². The van der Waals surface area contributed by atoms with Crippen LogP contribution in [0.1, 0.15) is 10.4 Å². The lowest BCUT2D eigenvalue weighted by Gasteiger charge is -2.13. The van der Waals surface area contributed by atoms with Crippen molar-refractivity contribution in [3.05, 3.63) is 17.7 Å². The summed E-state index contributed by atoms with van der Waals surface area (Å²) in [6.45, 7) is 0. The maximum atomic E-state index is 11.9. The highest BCUT2D eigenvalue weighted by Crippen LogP contribution is 2.38. The molecule has 1 aromatic carbocycles. The summed E-state index contributed by atoms with van der Waals surface area (Å²) in [5.41, 5.74) is 0.194.